The van der Waals surface area contributed by atoms with E-state index in [0.717, 1.165) is 23.8 Å². The Balaban J connectivity index is 2.26. The second kappa shape index (κ2) is 8.09. The van der Waals surface area contributed by atoms with Gasteiger partial charge in [-0.1, -0.05) is 25.4 Å². The molecule has 0 fully saturated rings. The molecule has 0 radical (unpaired) electrons. The Morgan fingerprint density at radius 1 is 1.41 bits per heavy atom. The second-order valence-corrected chi connectivity index (χ2v) is 6.64. The van der Waals surface area contributed by atoms with E-state index in [9.17, 15) is 0 Å². The summed E-state index contributed by atoms with van der Waals surface area (Å²) in [4.78, 5) is 1.27. The Morgan fingerprint density at radius 2 is 2.18 bits per heavy atom. The zero-order chi connectivity index (χ0) is 12.7. The van der Waals surface area contributed by atoms with Crippen LogP contribution in [0.15, 0.2) is 12.1 Å². The van der Waals surface area contributed by atoms with E-state index in [1.807, 2.05) is 6.07 Å². The molecule has 0 aliphatic carbocycles. The average Bonchev–Trinajstić information content (AvgIpc) is 2.63. The largest absolute Gasteiger partial charge is 0.396 e. The lowest BCUT2D eigenvalue weighted by Crippen LogP contribution is -2.24. The van der Waals surface area contributed by atoms with E-state index in [2.05, 4.69) is 25.2 Å². The van der Waals surface area contributed by atoms with Crippen molar-refractivity contribution in [3.63, 3.8) is 0 Å². The first-order valence-corrected chi connectivity index (χ1v) is 7.37. The highest BCUT2D eigenvalue weighted by molar-refractivity contribution is 7.16. The second-order valence-electron chi connectivity index (χ2n) is 4.84. The van der Waals surface area contributed by atoms with Gasteiger partial charge in [0.05, 0.1) is 4.34 Å². The predicted octanol–water partition coefficient (Wildman–Crippen LogP) is 3.54. The van der Waals surface area contributed by atoms with Crippen LogP contribution in [0.2, 0.25) is 4.34 Å². The highest BCUT2D eigenvalue weighted by Crippen LogP contribution is 2.21. The lowest BCUT2D eigenvalue weighted by Gasteiger charge is -2.18. The summed E-state index contributed by atoms with van der Waals surface area (Å²) >= 11 is 7.50. The minimum absolute atomic E-state index is 0.282. The van der Waals surface area contributed by atoms with Crippen molar-refractivity contribution in [2.75, 3.05) is 13.2 Å². The number of aliphatic hydroxyl groups excluding tert-OH is 1. The normalized spacial score (nSPS) is 13.2. The molecule has 98 valence electrons. The molecule has 1 rings (SSSR count). The van der Waals surface area contributed by atoms with Crippen LogP contribution in [0.3, 0.4) is 0 Å². The molecule has 0 saturated carbocycles. The fourth-order valence-electron chi connectivity index (χ4n) is 2.00. The van der Waals surface area contributed by atoms with Gasteiger partial charge in [-0.15, -0.1) is 11.3 Å². The van der Waals surface area contributed by atoms with Crippen LogP contribution < -0.4 is 5.32 Å². The SMILES string of the molecule is CC(C)CC(CCO)CNCc1ccc(Cl)s1. The molecule has 1 aromatic heterocycles. The van der Waals surface area contributed by atoms with E-state index in [1.165, 1.54) is 11.3 Å². The third-order valence-corrected chi connectivity index (χ3v) is 3.93. The number of aliphatic hydroxyl groups is 1. The summed E-state index contributed by atoms with van der Waals surface area (Å²) in [6, 6.07) is 3.99. The summed E-state index contributed by atoms with van der Waals surface area (Å²) in [5.74, 6) is 1.25. The summed E-state index contributed by atoms with van der Waals surface area (Å²) in [7, 11) is 0. The number of halogens is 1. The van der Waals surface area contributed by atoms with Gasteiger partial charge < -0.3 is 10.4 Å². The fraction of sp³-hybridized carbons (Fsp3) is 0.692. The Kier molecular flexibility index (Phi) is 7.12. The van der Waals surface area contributed by atoms with Crippen LogP contribution in [-0.2, 0) is 6.54 Å². The lowest BCUT2D eigenvalue weighted by molar-refractivity contribution is 0.239. The van der Waals surface area contributed by atoms with Crippen molar-refractivity contribution in [2.45, 2.75) is 33.2 Å². The van der Waals surface area contributed by atoms with Crippen molar-refractivity contribution in [2.24, 2.45) is 11.8 Å². The van der Waals surface area contributed by atoms with E-state index < -0.39 is 0 Å². The molecular weight excluding hydrogens is 254 g/mol. The molecule has 0 amide bonds. The third kappa shape index (κ3) is 6.41. The minimum atomic E-state index is 0.282. The molecule has 2 N–H and O–H groups in total. The van der Waals surface area contributed by atoms with Crippen molar-refractivity contribution in [1.82, 2.24) is 5.32 Å². The van der Waals surface area contributed by atoms with Crippen LogP contribution in [0, 0.1) is 11.8 Å². The number of rotatable bonds is 8. The van der Waals surface area contributed by atoms with Crippen molar-refractivity contribution in [3.8, 4) is 0 Å². The zero-order valence-electron chi connectivity index (χ0n) is 10.6. The zero-order valence-corrected chi connectivity index (χ0v) is 12.2. The minimum Gasteiger partial charge on any atom is -0.396 e. The summed E-state index contributed by atoms with van der Waals surface area (Å²) in [5, 5.41) is 12.5. The molecule has 4 heteroatoms. The molecule has 0 aromatic carbocycles. The maximum atomic E-state index is 9.03. The van der Waals surface area contributed by atoms with Crippen LogP contribution in [0.1, 0.15) is 31.6 Å². The van der Waals surface area contributed by atoms with Gasteiger partial charge in [-0.3, -0.25) is 0 Å². The standard InChI is InChI=1S/C13H22ClNOS/c1-10(2)7-11(5-6-16)8-15-9-12-3-4-13(14)17-12/h3-4,10-11,15-16H,5-9H2,1-2H3. The molecule has 1 aromatic rings. The van der Waals surface area contributed by atoms with E-state index in [0.29, 0.717) is 11.8 Å². The van der Waals surface area contributed by atoms with Gasteiger partial charge in [0.2, 0.25) is 0 Å². The maximum Gasteiger partial charge on any atom is 0.0931 e. The average molecular weight is 276 g/mol. The van der Waals surface area contributed by atoms with Crippen molar-refractivity contribution < 1.29 is 5.11 Å². The van der Waals surface area contributed by atoms with E-state index in [4.69, 9.17) is 16.7 Å². The molecule has 1 atom stereocenters. The van der Waals surface area contributed by atoms with Gasteiger partial charge >= 0.3 is 0 Å². The summed E-state index contributed by atoms with van der Waals surface area (Å²) in [6.07, 6.45) is 2.05. The van der Waals surface area contributed by atoms with Gasteiger partial charge in [0.15, 0.2) is 0 Å². The summed E-state index contributed by atoms with van der Waals surface area (Å²) in [5.41, 5.74) is 0. The van der Waals surface area contributed by atoms with Gasteiger partial charge in [-0.2, -0.15) is 0 Å². The Morgan fingerprint density at radius 3 is 2.71 bits per heavy atom. The topological polar surface area (TPSA) is 32.3 Å². The van der Waals surface area contributed by atoms with Gasteiger partial charge in [-0.25, -0.2) is 0 Å². The van der Waals surface area contributed by atoms with Crippen LogP contribution in [0.5, 0.6) is 0 Å². The molecular formula is C13H22ClNOS. The summed E-state index contributed by atoms with van der Waals surface area (Å²) < 4.78 is 0.843. The maximum absolute atomic E-state index is 9.03. The fourth-order valence-corrected chi connectivity index (χ4v) is 3.06. The molecule has 1 unspecified atom stereocenters. The number of thiophene rings is 1. The quantitative estimate of drug-likeness (QED) is 0.761. The molecule has 0 bridgehead atoms. The first-order valence-electron chi connectivity index (χ1n) is 6.17. The highest BCUT2D eigenvalue weighted by atomic mass is 35.5. The van der Waals surface area contributed by atoms with E-state index in [1.54, 1.807) is 11.3 Å². The van der Waals surface area contributed by atoms with Crippen molar-refractivity contribution in [3.05, 3.63) is 21.3 Å². The van der Waals surface area contributed by atoms with Crippen molar-refractivity contribution >= 4 is 22.9 Å². The van der Waals surface area contributed by atoms with Crippen LogP contribution in [-0.4, -0.2) is 18.3 Å². The monoisotopic (exact) mass is 275 g/mol. The number of hydrogen-bond donors (Lipinski definition) is 2. The van der Waals surface area contributed by atoms with Crippen LogP contribution in [0.25, 0.3) is 0 Å². The Hall–Kier alpha value is -0.0900. The smallest absolute Gasteiger partial charge is 0.0931 e. The van der Waals surface area contributed by atoms with E-state index in [-0.39, 0.29) is 6.61 Å². The van der Waals surface area contributed by atoms with Crippen LogP contribution >= 0.6 is 22.9 Å². The first kappa shape index (κ1) is 15.0. The van der Waals surface area contributed by atoms with E-state index >= 15 is 0 Å². The van der Waals surface area contributed by atoms with Gasteiger partial charge in [0.1, 0.15) is 0 Å². The van der Waals surface area contributed by atoms with Gasteiger partial charge in [-0.05, 0) is 43.4 Å². The Labute approximate surface area is 113 Å². The number of nitrogens with one attached hydrogen (secondary N) is 1. The summed E-state index contributed by atoms with van der Waals surface area (Å²) in [6.45, 7) is 6.57. The molecule has 1 heterocycles. The van der Waals surface area contributed by atoms with Gasteiger partial charge in [0, 0.05) is 18.0 Å². The highest BCUT2D eigenvalue weighted by Gasteiger charge is 2.10. The molecule has 2 nitrogen and oxygen atoms in total. The van der Waals surface area contributed by atoms with Gasteiger partial charge in [0.25, 0.3) is 0 Å². The van der Waals surface area contributed by atoms with Crippen molar-refractivity contribution in [1.29, 1.82) is 0 Å². The predicted molar refractivity (Wildman–Crippen MR) is 75.7 cm³/mol. The third-order valence-electron chi connectivity index (χ3n) is 2.70. The van der Waals surface area contributed by atoms with Crippen LogP contribution in [0.4, 0.5) is 0 Å². The molecule has 17 heavy (non-hydrogen) atoms. The molecule has 0 aliphatic heterocycles. The molecule has 0 spiro atoms. The molecule has 0 aliphatic rings. The number of hydrogen-bond acceptors (Lipinski definition) is 3. The lowest BCUT2D eigenvalue weighted by atomic mass is 9.94. The molecule has 0 saturated heterocycles. The first-order chi connectivity index (χ1) is 8.11. The Bertz CT molecular complexity index is 314.